The van der Waals surface area contributed by atoms with Crippen LogP contribution in [0.2, 0.25) is 0 Å². The summed E-state index contributed by atoms with van der Waals surface area (Å²) >= 11 is 0. The van der Waals surface area contributed by atoms with Crippen molar-refractivity contribution in [1.29, 1.82) is 0 Å². The molecule has 1 unspecified atom stereocenters. The van der Waals surface area contributed by atoms with Crippen LogP contribution in [0.1, 0.15) is 39.0 Å². The summed E-state index contributed by atoms with van der Waals surface area (Å²) in [5, 5.41) is 3.03. The van der Waals surface area contributed by atoms with E-state index in [-0.39, 0.29) is 17.8 Å². The average molecular weight is 294 g/mol. The van der Waals surface area contributed by atoms with Crippen molar-refractivity contribution in [3.63, 3.8) is 0 Å². The third kappa shape index (κ3) is 3.84. The molecular weight excluding hydrogens is 268 g/mol. The number of likely N-dealkylation sites (tertiary alicyclic amines) is 1. The molecule has 2 rings (SSSR count). The van der Waals surface area contributed by atoms with Gasteiger partial charge in [0.05, 0.1) is 6.61 Å². The van der Waals surface area contributed by atoms with Gasteiger partial charge in [0.2, 0.25) is 5.91 Å². The molecule has 0 saturated carbocycles. The first kappa shape index (κ1) is 16.0. The number of amides is 1. The Morgan fingerprint density at radius 3 is 2.62 bits per heavy atom. The van der Waals surface area contributed by atoms with E-state index in [4.69, 9.17) is 4.74 Å². The molecule has 1 heterocycles. The van der Waals surface area contributed by atoms with Crippen LogP contribution >= 0.6 is 0 Å². The fraction of sp³-hybridized carbons (Fsp3) is 0.750. The van der Waals surface area contributed by atoms with Gasteiger partial charge in [0, 0.05) is 19.0 Å². The fourth-order valence-electron chi connectivity index (χ4n) is 3.02. The maximum absolute atomic E-state index is 12.5. The molecular formula is C16H26N2O3. The predicted octanol–water partition coefficient (Wildman–Crippen LogP) is 1.49. The van der Waals surface area contributed by atoms with Gasteiger partial charge in [-0.25, -0.2) is 4.79 Å². The molecule has 1 fully saturated rings. The monoisotopic (exact) mass is 294 g/mol. The summed E-state index contributed by atoms with van der Waals surface area (Å²) in [5.74, 6) is -0.296. The summed E-state index contributed by atoms with van der Waals surface area (Å²) in [4.78, 5) is 27.0. The Labute approximate surface area is 126 Å². The normalized spacial score (nSPS) is 25.3. The molecule has 0 radical (unpaired) electrons. The van der Waals surface area contributed by atoms with Crippen LogP contribution in [0, 0.1) is 5.92 Å². The van der Waals surface area contributed by atoms with E-state index in [0.717, 1.165) is 32.4 Å². The minimum Gasteiger partial charge on any atom is -0.464 e. The second-order valence-corrected chi connectivity index (χ2v) is 6.08. The second kappa shape index (κ2) is 7.07. The van der Waals surface area contributed by atoms with E-state index in [1.165, 1.54) is 0 Å². The van der Waals surface area contributed by atoms with E-state index < -0.39 is 5.54 Å². The molecule has 21 heavy (non-hydrogen) atoms. The molecule has 0 aromatic heterocycles. The van der Waals surface area contributed by atoms with Crippen molar-refractivity contribution in [3.8, 4) is 0 Å². The number of ether oxygens (including phenoxy) is 1. The zero-order valence-electron chi connectivity index (χ0n) is 13.1. The average Bonchev–Trinajstić information content (AvgIpc) is 2.51. The number of hydrogen-bond acceptors (Lipinski definition) is 4. The third-order valence-electron chi connectivity index (χ3n) is 4.51. The Bertz CT molecular complexity index is 412. The maximum atomic E-state index is 12.5. The van der Waals surface area contributed by atoms with Crippen LogP contribution in [-0.4, -0.2) is 49.1 Å². The lowest BCUT2D eigenvalue weighted by Crippen LogP contribution is -2.61. The van der Waals surface area contributed by atoms with Crippen LogP contribution in [0.5, 0.6) is 0 Å². The van der Waals surface area contributed by atoms with Crippen molar-refractivity contribution < 1.29 is 14.3 Å². The Kier molecular flexibility index (Phi) is 5.39. The van der Waals surface area contributed by atoms with Gasteiger partial charge >= 0.3 is 5.97 Å². The van der Waals surface area contributed by atoms with E-state index in [9.17, 15) is 9.59 Å². The van der Waals surface area contributed by atoms with Gasteiger partial charge in [-0.15, -0.1) is 0 Å². The fourth-order valence-corrected chi connectivity index (χ4v) is 3.02. The van der Waals surface area contributed by atoms with Crippen molar-refractivity contribution in [3.05, 3.63) is 12.2 Å². The van der Waals surface area contributed by atoms with E-state index in [1.54, 1.807) is 6.92 Å². The van der Waals surface area contributed by atoms with Crippen molar-refractivity contribution in [2.75, 3.05) is 26.7 Å². The number of nitrogens with zero attached hydrogens (tertiary/aromatic N) is 1. The minimum atomic E-state index is -0.833. The Morgan fingerprint density at radius 1 is 1.33 bits per heavy atom. The minimum absolute atomic E-state index is 0.00282. The van der Waals surface area contributed by atoms with E-state index in [2.05, 4.69) is 22.4 Å². The second-order valence-electron chi connectivity index (χ2n) is 6.08. The van der Waals surface area contributed by atoms with Crippen molar-refractivity contribution in [2.45, 2.75) is 44.6 Å². The molecule has 1 amide bonds. The van der Waals surface area contributed by atoms with E-state index in [0.29, 0.717) is 19.4 Å². The topological polar surface area (TPSA) is 58.6 Å². The van der Waals surface area contributed by atoms with E-state index in [1.807, 2.05) is 7.05 Å². The number of carbonyl (C=O) groups is 2. The first-order chi connectivity index (χ1) is 10.1. The zero-order chi connectivity index (χ0) is 15.3. The molecule has 0 aromatic carbocycles. The van der Waals surface area contributed by atoms with Crippen LogP contribution < -0.4 is 5.32 Å². The van der Waals surface area contributed by atoms with Crippen molar-refractivity contribution in [2.24, 2.45) is 5.92 Å². The molecule has 0 spiro atoms. The Morgan fingerprint density at radius 2 is 2.05 bits per heavy atom. The number of rotatable bonds is 4. The summed E-state index contributed by atoms with van der Waals surface area (Å²) in [6.45, 7) is 3.74. The van der Waals surface area contributed by atoms with Crippen molar-refractivity contribution >= 4 is 11.9 Å². The molecule has 0 bridgehead atoms. The predicted molar refractivity (Wildman–Crippen MR) is 80.7 cm³/mol. The number of allylic oxidation sites excluding steroid dienone is 2. The van der Waals surface area contributed by atoms with Crippen LogP contribution in [-0.2, 0) is 14.3 Å². The molecule has 1 aliphatic heterocycles. The van der Waals surface area contributed by atoms with Gasteiger partial charge in [0.1, 0.15) is 5.54 Å². The van der Waals surface area contributed by atoms with Gasteiger partial charge in [-0.1, -0.05) is 12.2 Å². The molecule has 1 saturated heterocycles. The summed E-state index contributed by atoms with van der Waals surface area (Å²) in [6.07, 6.45) is 7.98. The highest BCUT2D eigenvalue weighted by molar-refractivity contribution is 5.89. The molecule has 1 N–H and O–H groups in total. The number of carbonyl (C=O) groups excluding carboxylic acids is 2. The Balaban J connectivity index is 2.06. The van der Waals surface area contributed by atoms with Gasteiger partial charge in [-0.2, -0.15) is 0 Å². The summed E-state index contributed by atoms with van der Waals surface area (Å²) in [6, 6.07) is 0. The molecule has 2 aliphatic rings. The third-order valence-corrected chi connectivity index (χ3v) is 4.51. The maximum Gasteiger partial charge on any atom is 0.331 e. The smallest absolute Gasteiger partial charge is 0.331 e. The Hall–Kier alpha value is -1.36. The lowest BCUT2D eigenvalue weighted by atomic mass is 9.85. The molecule has 5 heteroatoms. The van der Waals surface area contributed by atoms with E-state index >= 15 is 0 Å². The van der Waals surface area contributed by atoms with Gasteiger partial charge in [0.25, 0.3) is 0 Å². The largest absolute Gasteiger partial charge is 0.464 e. The quantitative estimate of drug-likeness (QED) is 0.630. The van der Waals surface area contributed by atoms with Crippen molar-refractivity contribution in [1.82, 2.24) is 10.2 Å². The van der Waals surface area contributed by atoms with Gasteiger partial charge in [0.15, 0.2) is 0 Å². The first-order valence-corrected chi connectivity index (χ1v) is 7.90. The van der Waals surface area contributed by atoms with Gasteiger partial charge in [-0.05, 0) is 46.1 Å². The van der Waals surface area contributed by atoms with Gasteiger partial charge in [-0.3, -0.25) is 4.79 Å². The first-order valence-electron chi connectivity index (χ1n) is 7.90. The lowest BCUT2D eigenvalue weighted by molar-refractivity contribution is -0.156. The summed E-state index contributed by atoms with van der Waals surface area (Å²) < 4.78 is 5.22. The van der Waals surface area contributed by atoms with Crippen LogP contribution in [0.3, 0.4) is 0 Å². The standard InChI is InChI=1S/C16H26N2O3/c1-3-21-15(20)16(9-11-18(2)12-10-16)17-14(19)13-7-5-4-6-8-13/h4-5,13H,3,6-12H2,1-2H3,(H,17,19). The lowest BCUT2D eigenvalue weighted by Gasteiger charge is -2.39. The van der Waals surface area contributed by atoms with Crippen LogP contribution in [0.25, 0.3) is 0 Å². The molecule has 118 valence electrons. The highest BCUT2D eigenvalue weighted by atomic mass is 16.5. The van der Waals surface area contributed by atoms with Crippen LogP contribution in [0.15, 0.2) is 12.2 Å². The number of nitrogens with one attached hydrogen (secondary N) is 1. The number of esters is 1. The molecule has 1 atom stereocenters. The van der Waals surface area contributed by atoms with Crippen LogP contribution in [0.4, 0.5) is 0 Å². The SMILES string of the molecule is CCOC(=O)C1(NC(=O)C2CC=CCC2)CCN(C)CC1. The molecule has 1 aliphatic carbocycles. The zero-order valence-corrected chi connectivity index (χ0v) is 13.1. The number of piperidine rings is 1. The summed E-state index contributed by atoms with van der Waals surface area (Å²) in [7, 11) is 2.03. The summed E-state index contributed by atoms with van der Waals surface area (Å²) in [5.41, 5.74) is -0.833. The highest BCUT2D eigenvalue weighted by Crippen LogP contribution is 2.26. The molecule has 5 nitrogen and oxygen atoms in total. The highest BCUT2D eigenvalue weighted by Gasteiger charge is 2.44. The van der Waals surface area contributed by atoms with Gasteiger partial charge < -0.3 is 15.0 Å². The molecule has 0 aromatic rings. The number of hydrogen-bond donors (Lipinski definition) is 1.